The molecule has 0 spiro atoms. The van der Waals surface area contributed by atoms with Crippen molar-refractivity contribution in [2.45, 2.75) is 0 Å². The van der Waals surface area contributed by atoms with E-state index in [9.17, 15) is 9.59 Å². The molecular formula is C8H10N4O2. The third-order valence-electron chi connectivity index (χ3n) is 1.99. The van der Waals surface area contributed by atoms with E-state index in [1.807, 2.05) is 0 Å². The third kappa shape index (κ3) is 0.876. The number of fused-ring (bicyclic) bond motifs is 1. The highest BCUT2D eigenvalue weighted by atomic mass is 16.2. The SMILES string of the molecule is [2H]Cn1c([2H])nc2c1c(=O)n(C)c(=O)n2C([2H])[2H]. The first-order chi connectivity index (χ1) is 8.40. The van der Waals surface area contributed by atoms with E-state index in [0.717, 1.165) is 9.13 Å². The molecule has 0 aliphatic heterocycles. The molecule has 6 heteroatoms. The van der Waals surface area contributed by atoms with Gasteiger partial charge in [-0.15, -0.1) is 0 Å². The van der Waals surface area contributed by atoms with Gasteiger partial charge in [0.15, 0.2) is 11.2 Å². The number of aromatic nitrogens is 4. The fourth-order valence-electron chi connectivity index (χ4n) is 1.21. The van der Waals surface area contributed by atoms with Crippen LogP contribution in [0.4, 0.5) is 0 Å². The van der Waals surface area contributed by atoms with Crippen molar-refractivity contribution in [2.75, 3.05) is 0 Å². The number of nitrogens with zero attached hydrogens (tertiary/aromatic N) is 4. The van der Waals surface area contributed by atoms with Crippen LogP contribution < -0.4 is 11.2 Å². The Morgan fingerprint density at radius 2 is 2.29 bits per heavy atom. The van der Waals surface area contributed by atoms with Crippen LogP contribution in [0.15, 0.2) is 15.9 Å². The summed E-state index contributed by atoms with van der Waals surface area (Å²) < 4.78 is 31.8. The lowest BCUT2D eigenvalue weighted by Gasteiger charge is -2.02. The quantitative estimate of drug-likeness (QED) is 0.544. The highest BCUT2D eigenvalue weighted by Gasteiger charge is 2.11. The number of hydrogen-bond acceptors (Lipinski definition) is 3. The fourth-order valence-corrected chi connectivity index (χ4v) is 1.21. The summed E-state index contributed by atoms with van der Waals surface area (Å²) in [6.07, 6.45) is -0.350. The average molecular weight is 198 g/mol. The predicted molar refractivity (Wildman–Crippen MR) is 51.2 cm³/mol. The molecule has 0 saturated heterocycles. The standard InChI is InChI=1S/C8H10N4O2/c1-10-4-9-6-5(10)7(13)12(3)8(14)11(6)2/h4H,1-3H3/i1D,2D2,4D. The van der Waals surface area contributed by atoms with Crippen LogP contribution >= 0.6 is 0 Å². The Balaban J connectivity index is 3.12. The average Bonchev–Trinajstić information content (AvgIpc) is 2.62. The van der Waals surface area contributed by atoms with Crippen LogP contribution in [0.25, 0.3) is 11.2 Å². The second-order valence-corrected chi connectivity index (χ2v) is 2.83. The molecule has 0 unspecified atom stereocenters. The van der Waals surface area contributed by atoms with Gasteiger partial charge in [0, 0.05) is 25.2 Å². The van der Waals surface area contributed by atoms with Crippen LogP contribution in [0.3, 0.4) is 0 Å². The Bertz CT molecular complexity index is 729. The van der Waals surface area contributed by atoms with Crippen LogP contribution in [-0.4, -0.2) is 18.7 Å². The number of imidazole rings is 1. The molecule has 0 aromatic carbocycles. The summed E-state index contributed by atoms with van der Waals surface area (Å²) in [6.45, 7) is -1.68. The van der Waals surface area contributed by atoms with Gasteiger partial charge in [0.1, 0.15) is 1.37 Å². The van der Waals surface area contributed by atoms with E-state index in [1.54, 1.807) is 0 Å². The zero-order chi connectivity index (χ0) is 13.6. The third-order valence-corrected chi connectivity index (χ3v) is 1.99. The van der Waals surface area contributed by atoms with Gasteiger partial charge in [-0.05, 0) is 0 Å². The van der Waals surface area contributed by atoms with E-state index >= 15 is 0 Å². The van der Waals surface area contributed by atoms with E-state index in [4.69, 9.17) is 5.48 Å². The van der Waals surface area contributed by atoms with Gasteiger partial charge >= 0.3 is 5.69 Å². The van der Waals surface area contributed by atoms with Gasteiger partial charge in [-0.2, -0.15) is 0 Å². The molecule has 74 valence electrons. The normalized spacial score (nSPS) is 15.3. The molecule has 14 heavy (non-hydrogen) atoms. The summed E-state index contributed by atoms with van der Waals surface area (Å²) in [7, 11) is 0.817. The maximum absolute atomic E-state index is 11.9. The minimum absolute atomic E-state index is 0.110. The molecular weight excluding hydrogens is 184 g/mol. The highest BCUT2D eigenvalue weighted by Crippen LogP contribution is 2.01. The fraction of sp³-hybridized carbons (Fsp3) is 0.375. The molecule has 0 atom stereocenters. The first kappa shape index (κ1) is 5.14. The second-order valence-electron chi connectivity index (χ2n) is 2.83. The Labute approximate surface area is 84.6 Å². The molecule has 2 aromatic heterocycles. The Hall–Kier alpha value is -1.85. The first-order valence-electron chi connectivity index (χ1n) is 6.08. The molecule has 0 saturated carbocycles. The topological polar surface area (TPSA) is 61.8 Å². The smallest absolute Gasteiger partial charge is 0.328 e. The van der Waals surface area contributed by atoms with Gasteiger partial charge in [0.05, 0.1) is 6.30 Å². The van der Waals surface area contributed by atoms with Crippen molar-refractivity contribution < 1.29 is 5.48 Å². The minimum Gasteiger partial charge on any atom is -0.328 e. The lowest BCUT2D eigenvalue weighted by atomic mass is 10.5. The van der Waals surface area contributed by atoms with Gasteiger partial charge in [0.25, 0.3) is 5.56 Å². The summed E-state index contributed by atoms with van der Waals surface area (Å²) in [5.41, 5.74) is -1.83. The van der Waals surface area contributed by atoms with Gasteiger partial charge in [0.2, 0.25) is 0 Å². The summed E-state index contributed by atoms with van der Waals surface area (Å²) in [4.78, 5) is 27.4. The van der Waals surface area contributed by atoms with Crippen molar-refractivity contribution in [3.05, 3.63) is 27.1 Å². The van der Waals surface area contributed by atoms with E-state index < -0.39 is 25.3 Å². The maximum atomic E-state index is 11.9. The van der Waals surface area contributed by atoms with Crippen LogP contribution in [-0.2, 0) is 21.1 Å². The summed E-state index contributed by atoms with van der Waals surface area (Å²) in [6, 6.07) is 0. The monoisotopic (exact) mass is 198 g/mol. The Morgan fingerprint density at radius 1 is 1.50 bits per heavy atom. The number of aryl methyl sites for hydroxylation is 2. The van der Waals surface area contributed by atoms with E-state index in [2.05, 4.69) is 4.98 Å². The van der Waals surface area contributed by atoms with Crippen LogP contribution in [0.5, 0.6) is 0 Å². The Morgan fingerprint density at radius 3 is 2.93 bits per heavy atom. The molecule has 0 aliphatic carbocycles. The maximum Gasteiger partial charge on any atom is 0.332 e. The number of rotatable bonds is 0. The van der Waals surface area contributed by atoms with Crippen molar-refractivity contribution >= 4 is 11.2 Å². The van der Waals surface area contributed by atoms with Gasteiger partial charge in [-0.1, -0.05) is 0 Å². The van der Waals surface area contributed by atoms with Gasteiger partial charge < -0.3 is 4.57 Å². The predicted octanol–water partition coefficient (Wildman–Crippen LogP) is -1.03. The van der Waals surface area contributed by atoms with Gasteiger partial charge in [-0.25, -0.2) is 9.78 Å². The second kappa shape index (κ2) is 2.57. The highest BCUT2D eigenvalue weighted by molar-refractivity contribution is 5.69. The van der Waals surface area contributed by atoms with Crippen molar-refractivity contribution in [3.63, 3.8) is 0 Å². The molecule has 0 fully saturated rings. The van der Waals surface area contributed by atoms with Crippen molar-refractivity contribution in [2.24, 2.45) is 21.1 Å². The zero-order valence-corrected chi connectivity index (χ0v) is 7.39. The molecule has 0 amide bonds. The molecule has 2 rings (SSSR count). The molecule has 0 N–H and O–H groups in total. The summed E-state index contributed by atoms with van der Waals surface area (Å²) in [5, 5.41) is 0. The first-order valence-corrected chi connectivity index (χ1v) is 3.72. The van der Waals surface area contributed by atoms with Crippen molar-refractivity contribution in [1.29, 1.82) is 0 Å². The lowest BCUT2D eigenvalue weighted by molar-refractivity contribution is 0.705. The van der Waals surface area contributed by atoms with Gasteiger partial charge in [-0.3, -0.25) is 13.9 Å². The van der Waals surface area contributed by atoms with Crippen molar-refractivity contribution in [3.8, 4) is 0 Å². The van der Waals surface area contributed by atoms with Crippen LogP contribution in [0, 0.1) is 0 Å². The molecule has 0 radical (unpaired) electrons. The summed E-state index contributed by atoms with van der Waals surface area (Å²) >= 11 is 0. The van der Waals surface area contributed by atoms with E-state index in [-0.39, 0.29) is 17.5 Å². The van der Waals surface area contributed by atoms with E-state index in [0.29, 0.717) is 4.57 Å². The minimum atomic E-state index is -1.68. The molecule has 6 nitrogen and oxygen atoms in total. The lowest BCUT2D eigenvalue weighted by Crippen LogP contribution is -2.37. The van der Waals surface area contributed by atoms with Crippen LogP contribution in [0.2, 0.25) is 0 Å². The molecule has 0 aliphatic rings. The van der Waals surface area contributed by atoms with Crippen LogP contribution in [0.1, 0.15) is 5.48 Å². The Kier molecular flexibility index (Phi) is 0.942. The molecule has 2 heterocycles. The largest absolute Gasteiger partial charge is 0.332 e. The molecule has 0 bridgehead atoms. The van der Waals surface area contributed by atoms with E-state index in [1.165, 1.54) is 7.05 Å². The molecule has 2 aromatic rings. The number of hydrogen-bond donors (Lipinski definition) is 0. The van der Waals surface area contributed by atoms with Crippen molar-refractivity contribution in [1.82, 2.24) is 18.7 Å². The zero-order valence-electron chi connectivity index (χ0n) is 11.4. The summed E-state index contributed by atoms with van der Waals surface area (Å²) in [5.74, 6) is 0.